The number of aryl methyl sites for hydroxylation is 1. The number of carbonyl (C=O) groups excluding carboxylic acids is 1. The molecule has 0 spiro atoms. The Labute approximate surface area is 137 Å². The van der Waals surface area contributed by atoms with Gasteiger partial charge in [-0.3, -0.25) is 9.78 Å². The lowest BCUT2D eigenvalue weighted by atomic mass is 10.1. The van der Waals surface area contributed by atoms with E-state index in [2.05, 4.69) is 15.6 Å². The minimum atomic E-state index is -0.172. The highest BCUT2D eigenvalue weighted by Crippen LogP contribution is 2.09. The number of hydrogen-bond donors (Lipinski definition) is 2. The summed E-state index contributed by atoms with van der Waals surface area (Å²) in [6.45, 7) is 4.03. The van der Waals surface area contributed by atoms with Crippen molar-refractivity contribution < 1.29 is 9.53 Å². The van der Waals surface area contributed by atoms with E-state index >= 15 is 0 Å². The van der Waals surface area contributed by atoms with Gasteiger partial charge in [-0.2, -0.15) is 0 Å². The third-order valence-corrected chi connectivity index (χ3v) is 3.55. The van der Waals surface area contributed by atoms with Crippen LogP contribution in [0.25, 0.3) is 0 Å². The Hall–Kier alpha value is -2.40. The van der Waals surface area contributed by atoms with Crippen molar-refractivity contribution in [2.75, 3.05) is 25.6 Å². The molecule has 1 amide bonds. The molecule has 0 saturated heterocycles. The Morgan fingerprint density at radius 2 is 2.09 bits per heavy atom. The number of carbonyl (C=O) groups is 1. The molecule has 5 heteroatoms. The molecule has 2 N–H and O–H groups in total. The maximum Gasteiger partial charge on any atom is 0.270 e. The van der Waals surface area contributed by atoms with Gasteiger partial charge in [0.1, 0.15) is 5.69 Å². The van der Waals surface area contributed by atoms with E-state index in [9.17, 15) is 4.79 Å². The molecule has 1 aromatic carbocycles. The second-order valence-electron chi connectivity index (χ2n) is 5.31. The summed E-state index contributed by atoms with van der Waals surface area (Å²) in [7, 11) is 1.68. The molecular weight excluding hydrogens is 290 g/mol. The van der Waals surface area contributed by atoms with Gasteiger partial charge < -0.3 is 15.4 Å². The van der Waals surface area contributed by atoms with Gasteiger partial charge in [0.05, 0.1) is 0 Å². The van der Waals surface area contributed by atoms with E-state index in [1.807, 2.05) is 37.3 Å². The number of benzene rings is 1. The smallest absolute Gasteiger partial charge is 0.270 e. The van der Waals surface area contributed by atoms with Crippen molar-refractivity contribution in [1.29, 1.82) is 0 Å². The van der Waals surface area contributed by atoms with Gasteiger partial charge in [-0.25, -0.2) is 0 Å². The highest BCUT2D eigenvalue weighted by Gasteiger charge is 2.08. The molecule has 0 aliphatic carbocycles. The van der Waals surface area contributed by atoms with Crippen molar-refractivity contribution in [2.24, 2.45) is 0 Å². The fraction of sp³-hybridized carbons (Fsp3) is 0.333. The van der Waals surface area contributed by atoms with Gasteiger partial charge in [-0.05, 0) is 36.6 Å². The predicted octanol–water partition coefficient (Wildman–Crippen LogP) is 2.77. The summed E-state index contributed by atoms with van der Waals surface area (Å²) >= 11 is 0. The minimum Gasteiger partial charge on any atom is -0.385 e. The van der Waals surface area contributed by atoms with Gasteiger partial charge in [-0.1, -0.05) is 24.3 Å². The number of anilines is 1. The van der Waals surface area contributed by atoms with E-state index in [1.165, 1.54) is 0 Å². The summed E-state index contributed by atoms with van der Waals surface area (Å²) in [5.41, 5.74) is 3.57. The Balaban J connectivity index is 1.90. The molecule has 0 fully saturated rings. The van der Waals surface area contributed by atoms with Gasteiger partial charge in [0, 0.05) is 38.7 Å². The van der Waals surface area contributed by atoms with Crippen LogP contribution in [0.2, 0.25) is 0 Å². The second-order valence-corrected chi connectivity index (χ2v) is 5.31. The molecule has 0 atom stereocenters. The largest absolute Gasteiger partial charge is 0.385 e. The van der Waals surface area contributed by atoms with E-state index in [0.29, 0.717) is 18.8 Å². The van der Waals surface area contributed by atoms with E-state index < -0.39 is 0 Å². The minimum absolute atomic E-state index is 0.172. The second kappa shape index (κ2) is 8.90. The maximum atomic E-state index is 12.2. The topological polar surface area (TPSA) is 63.2 Å². The van der Waals surface area contributed by atoms with Crippen molar-refractivity contribution >= 4 is 11.6 Å². The zero-order valence-electron chi connectivity index (χ0n) is 13.6. The summed E-state index contributed by atoms with van der Waals surface area (Å²) < 4.78 is 5.01. The molecule has 5 nitrogen and oxygen atoms in total. The number of nitrogens with zero attached hydrogens (tertiary/aromatic N) is 1. The van der Waals surface area contributed by atoms with Crippen molar-refractivity contribution in [3.8, 4) is 0 Å². The number of amides is 1. The Bertz CT molecular complexity index is 644. The molecule has 1 heterocycles. The summed E-state index contributed by atoms with van der Waals surface area (Å²) in [4.78, 5) is 16.4. The van der Waals surface area contributed by atoms with Crippen LogP contribution in [0.3, 0.4) is 0 Å². The van der Waals surface area contributed by atoms with Crippen molar-refractivity contribution in [3.63, 3.8) is 0 Å². The Morgan fingerprint density at radius 3 is 2.87 bits per heavy atom. The molecule has 2 rings (SSSR count). The summed E-state index contributed by atoms with van der Waals surface area (Å²) in [6.07, 6.45) is 2.55. The van der Waals surface area contributed by atoms with Gasteiger partial charge >= 0.3 is 0 Å². The highest BCUT2D eigenvalue weighted by atomic mass is 16.5. The van der Waals surface area contributed by atoms with Crippen LogP contribution in [0.15, 0.2) is 42.6 Å². The number of hydrogen-bond acceptors (Lipinski definition) is 4. The highest BCUT2D eigenvalue weighted by molar-refractivity contribution is 5.93. The Kier molecular flexibility index (Phi) is 6.56. The average molecular weight is 313 g/mol. The van der Waals surface area contributed by atoms with Crippen molar-refractivity contribution in [1.82, 2.24) is 10.3 Å². The van der Waals surface area contributed by atoms with Crippen LogP contribution in [0, 0.1) is 6.92 Å². The molecule has 0 radical (unpaired) electrons. The Morgan fingerprint density at radius 1 is 1.26 bits per heavy atom. The first kappa shape index (κ1) is 17.0. The molecule has 1 aromatic heterocycles. The average Bonchev–Trinajstić information content (AvgIpc) is 2.58. The van der Waals surface area contributed by atoms with Crippen LogP contribution in [0.5, 0.6) is 0 Å². The monoisotopic (exact) mass is 313 g/mol. The molecular formula is C18H23N3O2. The zero-order chi connectivity index (χ0) is 16.5. The first-order chi connectivity index (χ1) is 11.2. The van der Waals surface area contributed by atoms with Crippen molar-refractivity contribution in [3.05, 3.63) is 59.4 Å². The summed E-state index contributed by atoms with van der Waals surface area (Å²) in [6, 6.07) is 11.6. The molecule has 0 aliphatic rings. The molecule has 0 unspecified atom stereocenters. The van der Waals surface area contributed by atoms with Gasteiger partial charge in [0.2, 0.25) is 0 Å². The maximum absolute atomic E-state index is 12.2. The van der Waals surface area contributed by atoms with Gasteiger partial charge in [0.25, 0.3) is 5.91 Å². The van der Waals surface area contributed by atoms with Crippen LogP contribution >= 0.6 is 0 Å². The summed E-state index contributed by atoms with van der Waals surface area (Å²) in [5, 5.41) is 6.17. The number of ether oxygens (including phenoxy) is 1. The first-order valence-corrected chi connectivity index (χ1v) is 7.72. The number of methoxy groups -OCH3 is 1. The number of pyridine rings is 1. The number of rotatable bonds is 8. The molecule has 0 bridgehead atoms. The summed E-state index contributed by atoms with van der Waals surface area (Å²) in [5.74, 6) is -0.172. The normalized spacial score (nSPS) is 10.3. The van der Waals surface area contributed by atoms with Crippen molar-refractivity contribution in [2.45, 2.75) is 19.9 Å². The third-order valence-electron chi connectivity index (χ3n) is 3.55. The standard InChI is InChI=1S/C18H23N3O2/c1-14-6-3-4-7-15(14)13-21-18(22)17-12-16(8-10-20-17)19-9-5-11-23-2/h3-4,6-8,10,12H,5,9,11,13H2,1-2H3,(H,19,20)(H,21,22). The molecule has 2 aromatic rings. The van der Waals surface area contributed by atoms with Crippen LogP contribution in [0.1, 0.15) is 28.0 Å². The molecule has 23 heavy (non-hydrogen) atoms. The lowest BCUT2D eigenvalue weighted by Gasteiger charge is -2.09. The first-order valence-electron chi connectivity index (χ1n) is 7.72. The van der Waals surface area contributed by atoms with Gasteiger partial charge in [-0.15, -0.1) is 0 Å². The van der Waals surface area contributed by atoms with Gasteiger partial charge in [0.15, 0.2) is 0 Å². The van der Waals surface area contributed by atoms with Crippen LogP contribution in [-0.4, -0.2) is 31.2 Å². The number of aromatic nitrogens is 1. The molecule has 122 valence electrons. The number of nitrogens with one attached hydrogen (secondary N) is 2. The molecule has 0 saturated carbocycles. The molecule has 0 aliphatic heterocycles. The van der Waals surface area contributed by atoms with E-state index in [4.69, 9.17) is 4.74 Å². The lowest BCUT2D eigenvalue weighted by molar-refractivity contribution is 0.0946. The van der Waals surface area contributed by atoms with E-state index in [0.717, 1.165) is 29.8 Å². The quantitative estimate of drug-likeness (QED) is 0.736. The van der Waals surface area contributed by atoms with E-state index in [1.54, 1.807) is 19.4 Å². The van der Waals surface area contributed by atoms with Crippen LogP contribution in [0.4, 0.5) is 5.69 Å². The lowest BCUT2D eigenvalue weighted by Crippen LogP contribution is -2.24. The van der Waals surface area contributed by atoms with Crippen LogP contribution in [-0.2, 0) is 11.3 Å². The van der Waals surface area contributed by atoms with E-state index in [-0.39, 0.29) is 5.91 Å². The fourth-order valence-electron chi connectivity index (χ4n) is 2.19. The predicted molar refractivity (Wildman–Crippen MR) is 91.6 cm³/mol. The fourth-order valence-corrected chi connectivity index (χ4v) is 2.19. The van der Waals surface area contributed by atoms with Crippen LogP contribution < -0.4 is 10.6 Å². The zero-order valence-corrected chi connectivity index (χ0v) is 13.6. The SMILES string of the molecule is COCCCNc1ccnc(C(=O)NCc2ccccc2C)c1. The third kappa shape index (κ3) is 5.38.